The third-order valence-electron chi connectivity index (χ3n) is 2.60. The lowest BCUT2D eigenvalue weighted by Gasteiger charge is -2.09. The Morgan fingerprint density at radius 1 is 1.21 bits per heavy atom. The second kappa shape index (κ2) is 6.38. The first-order valence-electron chi connectivity index (χ1n) is 6.06. The minimum atomic E-state index is -0.399. The van der Waals surface area contributed by atoms with Gasteiger partial charge in [0, 0.05) is 31.0 Å². The zero-order valence-corrected chi connectivity index (χ0v) is 11.3. The molecule has 1 aromatic heterocycles. The highest BCUT2D eigenvalue weighted by Crippen LogP contribution is 2.18. The molecule has 0 aliphatic heterocycles. The van der Waals surface area contributed by atoms with Gasteiger partial charge < -0.3 is 10.6 Å². The van der Waals surface area contributed by atoms with Crippen LogP contribution in [0.2, 0.25) is 5.02 Å². The fraction of sp³-hybridized carbons (Fsp3) is 0.214. The van der Waals surface area contributed by atoms with E-state index in [4.69, 9.17) is 11.6 Å². The first-order chi connectivity index (χ1) is 9.19. The second-order valence-corrected chi connectivity index (χ2v) is 4.47. The van der Waals surface area contributed by atoms with Crippen molar-refractivity contribution < 1.29 is 4.39 Å². The number of hydrogen-bond acceptors (Lipinski definition) is 3. The third-order valence-corrected chi connectivity index (χ3v) is 2.89. The van der Waals surface area contributed by atoms with Crippen molar-refractivity contribution in [2.24, 2.45) is 0 Å². The van der Waals surface area contributed by atoms with Crippen molar-refractivity contribution in [1.29, 1.82) is 0 Å². The Labute approximate surface area is 116 Å². The zero-order valence-electron chi connectivity index (χ0n) is 10.6. The molecular weight excluding hydrogens is 265 g/mol. The van der Waals surface area contributed by atoms with Crippen LogP contribution in [-0.4, -0.2) is 11.5 Å². The lowest BCUT2D eigenvalue weighted by molar-refractivity contribution is 0.627. The van der Waals surface area contributed by atoms with E-state index in [9.17, 15) is 4.39 Å². The molecule has 3 nitrogen and oxygen atoms in total. The van der Waals surface area contributed by atoms with Gasteiger partial charge in [-0.25, -0.2) is 9.37 Å². The topological polar surface area (TPSA) is 37.0 Å². The summed E-state index contributed by atoms with van der Waals surface area (Å²) in [7, 11) is 0. The summed E-state index contributed by atoms with van der Waals surface area (Å²) >= 11 is 5.74. The number of hydrogen-bond donors (Lipinski definition) is 2. The maximum Gasteiger partial charge on any atom is 0.141 e. The van der Waals surface area contributed by atoms with Gasteiger partial charge >= 0.3 is 0 Å². The molecule has 5 heteroatoms. The maximum absolute atomic E-state index is 13.0. The molecule has 0 aliphatic carbocycles. The number of nitrogens with one attached hydrogen (secondary N) is 2. The summed E-state index contributed by atoms with van der Waals surface area (Å²) < 4.78 is 13.0. The largest absolute Gasteiger partial charge is 0.381 e. The molecule has 0 radical (unpaired) electrons. The van der Waals surface area contributed by atoms with Gasteiger partial charge in [0.1, 0.15) is 11.6 Å². The summed E-state index contributed by atoms with van der Waals surface area (Å²) in [6, 6.07) is 8.51. The summed E-state index contributed by atoms with van der Waals surface area (Å²) in [5, 5.41) is 6.53. The van der Waals surface area contributed by atoms with E-state index in [1.165, 1.54) is 6.07 Å². The van der Waals surface area contributed by atoms with E-state index in [1.807, 2.05) is 19.1 Å². The van der Waals surface area contributed by atoms with Crippen LogP contribution in [0.4, 0.5) is 15.9 Å². The molecule has 1 aromatic carbocycles. The highest BCUT2D eigenvalue weighted by Gasteiger charge is 2.01. The molecule has 0 saturated heterocycles. The van der Waals surface area contributed by atoms with Crippen molar-refractivity contribution >= 4 is 23.1 Å². The van der Waals surface area contributed by atoms with Crippen LogP contribution in [0.25, 0.3) is 0 Å². The van der Waals surface area contributed by atoms with Crippen molar-refractivity contribution in [2.45, 2.75) is 13.5 Å². The van der Waals surface area contributed by atoms with Crippen molar-refractivity contribution in [1.82, 2.24) is 4.98 Å². The Hall–Kier alpha value is -1.81. The van der Waals surface area contributed by atoms with Crippen LogP contribution in [0.1, 0.15) is 12.5 Å². The number of halogens is 2. The molecule has 100 valence electrons. The average molecular weight is 280 g/mol. The Morgan fingerprint density at radius 3 is 2.79 bits per heavy atom. The van der Waals surface area contributed by atoms with E-state index >= 15 is 0 Å². The van der Waals surface area contributed by atoms with Crippen LogP contribution in [0.5, 0.6) is 0 Å². The highest BCUT2D eigenvalue weighted by atomic mass is 35.5. The summed E-state index contributed by atoms with van der Waals surface area (Å²) in [5.41, 5.74) is 1.87. The molecule has 0 amide bonds. The molecule has 0 bridgehead atoms. The minimum absolute atomic E-state index is 0.141. The van der Waals surface area contributed by atoms with Gasteiger partial charge in [-0.2, -0.15) is 0 Å². The molecule has 19 heavy (non-hydrogen) atoms. The summed E-state index contributed by atoms with van der Waals surface area (Å²) in [4.78, 5) is 4.19. The summed E-state index contributed by atoms with van der Waals surface area (Å²) in [5.74, 6) is 0.424. The Kier molecular flexibility index (Phi) is 4.58. The molecule has 2 rings (SSSR count). The predicted molar refractivity (Wildman–Crippen MR) is 77.1 cm³/mol. The molecule has 0 spiro atoms. The molecule has 0 aliphatic rings. The van der Waals surface area contributed by atoms with Gasteiger partial charge in [-0.05, 0) is 30.7 Å². The van der Waals surface area contributed by atoms with Crippen LogP contribution in [0.3, 0.4) is 0 Å². The van der Waals surface area contributed by atoms with E-state index in [2.05, 4.69) is 15.6 Å². The van der Waals surface area contributed by atoms with Gasteiger partial charge in [0.2, 0.25) is 0 Å². The SMILES string of the molecule is CCNc1cc(NCc2ccc(F)c(Cl)c2)ccn1. The summed E-state index contributed by atoms with van der Waals surface area (Å²) in [6.07, 6.45) is 1.73. The van der Waals surface area contributed by atoms with Crippen molar-refractivity contribution in [3.63, 3.8) is 0 Å². The van der Waals surface area contributed by atoms with Gasteiger partial charge in [0.25, 0.3) is 0 Å². The number of anilines is 2. The molecular formula is C14H15ClFN3. The molecule has 0 unspecified atom stereocenters. The Balaban J connectivity index is 2.01. The number of aromatic nitrogens is 1. The molecule has 2 aromatic rings. The van der Waals surface area contributed by atoms with E-state index in [-0.39, 0.29) is 5.02 Å². The van der Waals surface area contributed by atoms with Gasteiger partial charge in [0.05, 0.1) is 5.02 Å². The van der Waals surface area contributed by atoms with Gasteiger partial charge in [-0.15, -0.1) is 0 Å². The van der Waals surface area contributed by atoms with Gasteiger partial charge in [-0.1, -0.05) is 17.7 Å². The number of rotatable bonds is 5. The Bertz CT molecular complexity index is 560. The maximum atomic E-state index is 13.0. The van der Waals surface area contributed by atoms with E-state index < -0.39 is 5.82 Å². The first-order valence-corrected chi connectivity index (χ1v) is 6.44. The van der Waals surface area contributed by atoms with Crippen LogP contribution in [0, 0.1) is 5.82 Å². The van der Waals surface area contributed by atoms with E-state index in [1.54, 1.807) is 18.3 Å². The molecule has 1 heterocycles. The van der Waals surface area contributed by atoms with E-state index in [0.717, 1.165) is 23.6 Å². The fourth-order valence-corrected chi connectivity index (χ4v) is 1.88. The second-order valence-electron chi connectivity index (χ2n) is 4.06. The lowest BCUT2D eigenvalue weighted by atomic mass is 10.2. The van der Waals surface area contributed by atoms with Crippen LogP contribution in [0.15, 0.2) is 36.5 Å². The quantitative estimate of drug-likeness (QED) is 0.871. The summed E-state index contributed by atoms with van der Waals surface area (Å²) in [6.45, 7) is 3.42. The average Bonchev–Trinajstić information content (AvgIpc) is 2.41. The van der Waals surface area contributed by atoms with Gasteiger partial charge in [-0.3, -0.25) is 0 Å². The van der Waals surface area contributed by atoms with Crippen LogP contribution < -0.4 is 10.6 Å². The zero-order chi connectivity index (χ0) is 13.7. The van der Waals surface area contributed by atoms with Crippen LogP contribution in [-0.2, 0) is 6.54 Å². The lowest BCUT2D eigenvalue weighted by Crippen LogP contribution is -2.03. The molecule has 0 atom stereocenters. The van der Waals surface area contributed by atoms with Crippen LogP contribution >= 0.6 is 11.6 Å². The number of nitrogens with zero attached hydrogens (tertiary/aromatic N) is 1. The minimum Gasteiger partial charge on any atom is -0.381 e. The normalized spacial score (nSPS) is 10.3. The predicted octanol–water partition coefficient (Wildman–Crippen LogP) is 3.92. The van der Waals surface area contributed by atoms with Crippen molar-refractivity contribution in [3.05, 3.63) is 52.9 Å². The molecule has 2 N–H and O–H groups in total. The smallest absolute Gasteiger partial charge is 0.141 e. The molecule has 0 saturated carbocycles. The fourth-order valence-electron chi connectivity index (χ4n) is 1.67. The third kappa shape index (κ3) is 3.83. The number of benzene rings is 1. The molecule has 0 fully saturated rings. The van der Waals surface area contributed by atoms with Crippen molar-refractivity contribution in [3.8, 4) is 0 Å². The highest BCUT2D eigenvalue weighted by molar-refractivity contribution is 6.30. The van der Waals surface area contributed by atoms with E-state index in [0.29, 0.717) is 6.54 Å². The van der Waals surface area contributed by atoms with Crippen molar-refractivity contribution in [2.75, 3.05) is 17.2 Å². The Morgan fingerprint density at radius 2 is 2.05 bits per heavy atom. The standard InChI is InChI=1S/C14H15ClFN3/c1-2-17-14-8-11(5-6-18-14)19-9-10-3-4-13(16)12(15)7-10/h3-8H,2,9H2,1H3,(H2,17,18,19). The van der Waals surface area contributed by atoms with Gasteiger partial charge in [0.15, 0.2) is 0 Å². The number of pyridine rings is 1. The monoisotopic (exact) mass is 279 g/mol. The first kappa shape index (κ1) is 13.6.